The van der Waals surface area contributed by atoms with E-state index in [0.717, 1.165) is 37.7 Å². The summed E-state index contributed by atoms with van der Waals surface area (Å²) in [6.07, 6.45) is 0. The normalized spacial score (nSPS) is 17.2. The predicted molar refractivity (Wildman–Crippen MR) is 104 cm³/mol. The highest BCUT2D eigenvalue weighted by atomic mass is 16.5. The fourth-order valence-electron chi connectivity index (χ4n) is 4.19. The first-order valence-electron chi connectivity index (χ1n) is 9.40. The van der Waals surface area contributed by atoms with Crippen LogP contribution in [0.3, 0.4) is 0 Å². The number of nitrogens with zero attached hydrogens (tertiary/aromatic N) is 2. The van der Waals surface area contributed by atoms with Gasteiger partial charge in [0.2, 0.25) is 0 Å². The predicted octanol–water partition coefficient (Wildman–Crippen LogP) is 3.92. The van der Waals surface area contributed by atoms with E-state index in [1.165, 1.54) is 33.4 Å². The van der Waals surface area contributed by atoms with Crippen molar-refractivity contribution < 1.29 is 9.47 Å². The zero-order chi connectivity index (χ0) is 18.3. The molecule has 0 aromatic heterocycles. The maximum atomic E-state index is 6.03. The van der Waals surface area contributed by atoms with Crippen LogP contribution in [-0.2, 0) is 13.1 Å². The van der Waals surface area contributed by atoms with Crippen molar-refractivity contribution in [2.45, 2.75) is 40.8 Å². The van der Waals surface area contributed by atoms with Crippen LogP contribution in [0.1, 0.15) is 33.4 Å². The maximum absolute atomic E-state index is 6.03. The monoisotopic (exact) mass is 352 g/mol. The van der Waals surface area contributed by atoms with Crippen molar-refractivity contribution in [2.24, 2.45) is 0 Å². The zero-order valence-electron chi connectivity index (χ0n) is 16.3. The van der Waals surface area contributed by atoms with Gasteiger partial charge in [0.25, 0.3) is 0 Å². The quantitative estimate of drug-likeness (QED) is 0.836. The first-order valence-corrected chi connectivity index (χ1v) is 9.40. The summed E-state index contributed by atoms with van der Waals surface area (Å²) < 4.78 is 12.1. The summed E-state index contributed by atoms with van der Waals surface area (Å²) in [5.41, 5.74) is 7.70. The lowest BCUT2D eigenvalue weighted by Gasteiger charge is -2.34. The molecule has 0 fully saturated rings. The number of hydrogen-bond acceptors (Lipinski definition) is 4. The van der Waals surface area contributed by atoms with Crippen molar-refractivity contribution in [3.63, 3.8) is 0 Å². The third-order valence-electron chi connectivity index (χ3n) is 5.30. The first kappa shape index (κ1) is 17.4. The summed E-state index contributed by atoms with van der Waals surface area (Å²) in [6.45, 7) is 13.8. The Morgan fingerprint density at radius 2 is 1.12 bits per heavy atom. The highest BCUT2D eigenvalue weighted by molar-refractivity contribution is 5.45. The summed E-state index contributed by atoms with van der Waals surface area (Å²) in [5.74, 6) is 2.15. The minimum absolute atomic E-state index is 0.667. The number of rotatable bonds is 3. The van der Waals surface area contributed by atoms with Crippen molar-refractivity contribution in [3.8, 4) is 11.5 Å². The number of ether oxygens (including phenoxy) is 2. The minimum atomic E-state index is 0.667. The summed E-state index contributed by atoms with van der Waals surface area (Å²) in [7, 11) is 0. The van der Waals surface area contributed by atoms with E-state index in [9.17, 15) is 0 Å². The average molecular weight is 352 g/mol. The molecule has 0 unspecified atom stereocenters. The molecule has 4 heteroatoms. The Morgan fingerprint density at radius 3 is 1.54 bits per heavy atom. The van der Waals surface area contributed by atoms with Gasteiger partial charge in [-0.05, 0) is 38.8 Å². The van der Waals surface area contributed by atoms with Gasteiger partial charge in [0.15, 0.2) is 0 Å². The van der Waals surface area contributed by atoms with Crippen molar-refractivity contribution >= 4 is 0 Å². The average Bonchev–Trinajstić information content (AvgIpc) is 2.59. The molecule has 0 aliphatic carbocycles. The Hall–Kier alpha value is -2.04. The lowest BCUT2D eigenvalue weighted by atomic mass is 10.0. The molecule has 4 nitrogen and oxygen atoms in total. The van der Waals surface area contributed by atoms with E-state index in [-0.39, 0.29) is 0 Å². The van der Waals surface area contributed by atoms with Gasteiger partial charge >= 0.3 is 0 Å². The van der Waals surface area contributed by atoms with Crippen LogP contribution in [-0.4, -0.2) is 36.4 Å². The molecule has 0 radical (unpaired) electrons. The lowest BCUT2D eigenvalue weighted by Crippen LogP contribution is -2.41. The second-order valence-corrected chi connectivity index (χ2v) is 7.79. The van der Waals surface area contributed by atoms with Crippen LogP contribution < -0.4 is 9.47 Å². The Labute approximate surface area is 156 Å². The molecule has 0 saturated carbocycles. The molecule has 0 atom stereocenters. The molecule has 2 aliphatic rings. The van der Waals surface area contributed by atoms with E-state index < -0.39 is 0 Å². The molecule has 2 aliphatic heterocycles. The third-order valence-corrected chi connectivity index (χ3v) is 5.30. The van der Waals surface area contributed by atoms with E-state index in [0.29, 0.717) is 13.5 Å². The van der Waals surface area contributed by atoms with Gasteiger partial charge in [-0.15, -0.1) is 0 Å². The van der Waals surface area contributed by atoms with Gasteiger partial charge in [-0.3, -0.25) is 9.80 Å². The molecule has 0 N–H and O–H groups in total. The number of aryl methyl sites for hydroxylation is 4. The van der Waals surface area contributed by atoms with E-state index >= 15 is 0 Å². The number of hydrogen-bond donors (Lipinski definition) is 0. The highest BCUT2D eigenvalue weighted by Gasteiger charge is 2.22. The molecule has 4 rings (SSSR count). The van der Waals surface area contributed by atoms with Gasteiger partial charge < -0.3 is 9.47 Å². The molecule has 0 saturated heterocycles. The summed E-state index contributed by atoms with van der Waals surface area (Å²) in [6, 6.07) is 8.89. The molecule has 0 amide bonds. The summed E-state index contributed by atoms with van der Waals surface area (Å²) in [5, 5.41) is 0. The fourth-order valence-corrected chi connectivity index (χ4v) is 4.19. The summed E-state index contributed by atoms with van der Waals surface area (Å²) >= 11 is 0. The van der Waals surface area contributed by atoms with Crippen LogP contribution in [0.25, 0.3) is 0 Å². The molecule has 2 aromatic rings. The molecular weight excluding hydrogens is 324 g/mol. The fraction of sp³-hybridized carbons (Fsp3) is 0.455. The molecule has 0 bridgehead atoms. The third kappa shape index (κ3) is 3.44. The Kier molecular flexibility index (Phi) is 4.63. The van der Waals surface area contributed by atoms with Crippen LogP contribution in [0.5, 0.6) is 11.5 Å². The van der Waals surface area contributed by atoms with E-state index in [1.807, 2.05) is 0 Å². The minimum Gasteiger partial charge on any atom is -0.478 e. The van der Waals surface area contributed by atoms with Gasteiger partial charge in [-0.25, -0.2) is 0 Å². The van der Waals surface area contributed by atoms with Gasteiger partial charge in [-0.2, -0.15) is 0 Å². The summed E-state index contributed by atoms with van der Waals surface area (Å²) in [4.78, 5) is 4.75. The Morgan fingerprint density at radius 1 is 0.692 bits per heavy atom. The van der Waals surface area contributed by atoms with E-state index in [2.05, 4.69) is 61.8 Å². The van der Waals surface area contributed by atoms with Gasteiger partial charge in [0, 0.05) is 37.3 Å². The van der Waals surface area contributed by atoms with Crippen molar-refractivity contribution in [3.05, 3.63) is 57.6 Å². The SMILES string of the molecule is Cc1cc(C)c2c(c1)CN(CCN1COc3c(C)cc(C)cc3C1)CO2. The second kappa shape index (κ2) is 6.93. The second-order valence-electron chi connectivity index (χ2n) is 7.79. The lowest BCUT2D eigenvalue weighted by molar-refractivity contribution is 0.0515. The maximum Gasteiger partial charge on any atom is 0.142 e. The van der Waals surface area contributed by atoms with Gasteiger partial charge in [0.1, 0.15) is 25.0 Å². The number of benzene rings is 2. The molecular formula is C22H28N2O2. The molecule has 138 valence electrons. The number of fused-ring (bicyclic) bond motifs is 2. The van der Waals surface area contributed by atoms with Gasteiger partial charge in [-0.1, -0.05) is 35.4 Å². The van der Waals surface area contributed by atoms with Crippen molar-refractivity contribution in [1.82, 2.24) is 9.80 Å². The van der Waals surface area contributed by atoms with E-state index in [4.69, 9.17) is 9.47 Å². The standard InChI is InChI=1S/C22H28N2O2/c1-15-7-17(3)21-19(9-15)11-23(13-25-21)5-6-24-12-20-10-16(2)8-18(4)22(20)26-14-24/h7-10H,5-6,11-14H2,1-4H3. The molecule has 0 spiro atoms. The molecule has 2 aromatic carbocycles. The Balaban J connectivity index is 1.38. The van der Waals surface area contributed by atoms with Crippen molar-refractivity contribution in [2.75, 3.05) is 26.6 Å². The Bertz CT molecular complexity index is 762. The van der Waals surface area contributed by atoms with Crippen LogP contribution >= 0.6 is 0 Å². The van der Waals surface area contributed by atoms with Crippen LogP contribution in [0.15, 0.2) is 24.3 Å². The van der Waals surface area contributed by atoms with Crippen molar-refractivity contribution in [1.29, 1.82) is 0 Å². The van der Waals surface area contributed by atoms with Crippen LogP contribution in [0.4, 0.5) is 0 Å². The zero-order valence-corrected chi connectivity index (χ0v) is 16.3. The topological polar surface area (TPSA) is 24.9 Å². The molecule has 2 heterocycles. The molecule has 26 heavy (non-hydrogen) atoms. The highest BCUT2D eigenvalue weighted by Crippen LogP contribution is 2.31. The smallest absolute Gasteiger partial charge is 0.142 e. The van der Waals surface area contributed by atoms with Gasteiger partial charge in [0.05, 0.1) is 0 Å². The largest absolute Gasteiger partial charge is 0.478 e. The first-order chi connectivity index (χ1) is 12.5. The van der Waals surface area contributed by atoms with Crippen LogP contribution in [0.2, 0.25) is 0 Å². The van der Waals surface area contributed by atoms with Crippen LogP contribution in [0, 0.1) is 27.7 Å². The van der Waals surface area contributed by atoms with E-state index in [1.54, 1.807) is 0 Å².